The summed E-state index contributed by atoms with van der Waals surface area (Å²) in [5.41, 5.74) is 2.33. The van der Waals surface area contributed by atoms with Gasteiger partial charge in [-0.1, -0.05) is 61.4 Å². The fraction of sp³-hybridized carbons (Fsp3) is 0.360. The van der Waals surface area contributed by atoms with E-state index in [1.807, 2.05) is 66.8 Å². The Morgan fingerprint density at radius 2 is 1.79 bits per heavy atom. The predicted molar refractivity (Wildman–Crippen MR) is 131 cm³/mol. The van der Waals surface area contributed by atoms with Gasteiger partial charge in [-0.25, -0.2) is 4.57 Å². The molecule has 5 rings (SSSR count). The molecule has 1 N–H and O–H groups in total. The number of thioether (sulfide) groups is 1. The van der Waals surface area contributed by atoms with Gasteiger partial charge in [-0.05, 0) is 50.5 Å². The average Bonchev–Trinajstić information content (AvgIpc) is 3.24. The first-order valence-corrected chi connectivity index (χ1v) is 12.3. The SMILES string of the molecule is Cc1ccccc1-n1c(=O)c2ccccc2n2c(SC(C)C(=O)NC3CCCCC3)nnc12. The highest BCUT2D eigenvalue weighted by atomic mass is 32.2. The standard InChI is InChI=1S/C25H27N5O2S/c1-16-10-6-8-14-20(16)29-23(32)19-13-7-9-15-21(19)30-24(29)27-28-25(30)33-17(2)22(31)26-18-11-4-3-5-12-18/h6-10,13-15,17-18H,3-5,11-12H2,1-2H3,(H,26,31). The fourth-order valence-corrected chi connectivity index (χ4v) is 5.43. The predicted octanol–water partition coefficient (Wildman–Crippen LogP) is 4.27. The summed E-state index contributed by atoms with van der Waals surface area (Å²) in [4.78, 5) is 26.3. The van der Waals surface area contributed by atoms with Crippen molar-refractivity contribution in [2.75, 3.05) is 0 Å². The zero-order valence-corrected chi connectivity index (χ0v) is 19.6. The number of fused-ring (bicyclic) bond motifs is 3. The van der Waals surface area contributed by atoms with Crippen LogP contribution < -0.4 is 10.9 Å². The minimum absolute atomic E-state index is 0.0141. The Labute approximate surface area is 196 Å². The lowest BCUT2D eigenvalue weighted by molar-refractivity contribution is -0.121. The maximum absolute atomic E-state index is 13.5. The van der Waals surface area contributed by atoms with Gasteiger partial charge in [0.1, 0.15) is 0 Å². The van der Waals surface area contributed by atoms with Crippen LogP contribution in [-0.2, 0) is 4.79 Å². The lowest BCUT2D eigenvalue weighted by atomic mass is 9.95. The van der Waals surface area contributed by atoms with Gasteiger partial charge >= 0.3 is 0 Å². The van der Waals surface area contributed by atoms with Gasteiger partial charge in [-0.15, -0.1) is 10.2 Å². The number of para-hydroxylation sites is 2. The first-order chi connectivity index (χ1) is 16.0. The lowest BCUT2D eigenvalue weighted by Gasteiger charge is -2.24. The molecule has 33 heavy (non-hydrogen) atoms. The second-order valence-corrected chi connectivity index (χ2v) is 9.97. The lowest BCUT2D eigenvalue weighted by Crippen LogP contribution is -2.40. The maximum atomic E-state index is 13.5. The summed E-state index contributed by atoms with van der Waals surface area (Å²) in [6, 6.07) is 15.5. The molecule has 170 valence electrons. The number of carbonyl (C=O) groups excluding carboxylic acids is 1. The number of nitrogens with one attached hydrogen (secondary N) is 1. The van der Waals surface area contributed by atoms with E-state index in [1.165, 1.54) is 31.0 Å². The van der Waals surface area contributed by atoms with E-state index in [-0.39, 0.29) is 22.8 Å². The molecule has 1 atom stereocenters. The van der Waals surface area contributed by atoms with Gasteiger partial charge in [0.2, 0.25) is 11.7 Å². The molecule has 2 aromatic carbocycles. The summed E-state index contributed by atoms with van der Waals surface area (Å²) in [7, 11) is 0. The second kappa shape index (κ2) is 9.02. The summed E-state index contributed by atoms with van der Waals surface area (Å²) in [6.45, 7) is 3.86. The molecular weight excluding hydrogens is 434 g/mol. The summed E-state index contributed by atoms with van der Waals surface area (Å²) in [5.74, 6) is 0.454. The van der Waals surface area contributed by atoms with Crippen molar-refractivity contribution in [3.05, 3.63) is 64.4 Å². The summed E-state index contributed by atoms with van der Waals surface area (Å²) >= 11 is 1.37. The molecule has 1 aliphatic carbocycles. The van der Waals surface area contributed by atoms with Crippen molar-refractivity contribution in [1.29, 1.82) is 0 Å². The minimum atomic E-state index is -0.336. The molecule has 1 saturated carbocycles. The highest BCUT2D eigenvalue weighted by molar-refractivity contribution is 8.00. The molecule has 0 spiro atoms. The largest absolute Gasteiger partial charge is 0.352 e. The first kappa shape index (κ1) is 21.7. The number of nitrogens with zero attached hydrogens (tertiary/aromatic N) is 4. The Balaban J connectivity index is 1.58. The van der Waals surface area contributed by atoms with Gasteiger partial charge in [0.05, 0.1) is 21.8 Å². The Morgan fingerprint density at radius 3 is 2.58 bits per heavy atom. The highest BCUT2D eigenvalue weighted by Crippen LogP contribution is 2.27. The zero-order chi connectivity index (χ0) is 22.9. The molecule has 8 heteroatoms. The number of hydrogen-bond donors (Lipinski definition) is 1. The summed E-state index contributed by atoms with van der Waals surface area (Å²) in [6.07, 6.45) is 5.68. The quantitative estimate of drug-likeness (QED) is 0.449. The average molecular weight is 462 g/mol. The Bertz CT molecular complexity index is 1390. The van der Waals surface area contributed by atoms with Crippen molar-refractivity contribution in [2.24, 2.45) is 0 Å². The maximum Gasteiger partial charge on any atom is 0.267 e. The number of aromatic nitrogens is 4. The van der Waals surface area contributed by atoms with Crippen molar-refractivity contribution < 1.29 is 4.79 Å². The van der Waals surface area contributed by atoms with Gasteiger partial charge in [0.15, 0.2) is 5.16 Å². The molecule has 7 nitrogen and oxygen atoms in total. The Kier molecular flexibility index (Phi) is 5.93. The van der Waals surface area contributed by atoms with Crippen molar-refractivity contribution in [1.82, 2.24) is 24.5 Å². The number of amides is 1. The molecule has 1 fully saturated rings. The number of rotatable bonds is 5. The van der Waals surface area contributed by atoms with Crippen LogP contribution in [0.25, 0.3) is 22.4 Å². The molecule has 1 unspecified atom stereocenters. The van der Waals surface area contributed by atoms with Crippen LogP contribution in [0.5, 0.6) is 0 Å². The summed E-state index contributed by atoms with van der Waals surface area (Å²) in [5, 5.41) is 12.8. The molecule has 0 saturated heterocycles. The minimum Gasteiger partial charge on any atom is -0.352 e. The van der Waals surface area contributed by atoms with E-state index in [2.05, 4.69) is 15.5 Å². The molecule has 0 bridgehead atoms. The van der Waals surface area contributed by atoms with Crippen LogP contribution in [0.1, 0.15) is 44.6 Å². The van der Waals surface area contributed by atoms with E-state index >= 15 is 0 Å². The van der Waals surface area contributed by atoms with Crippen LogP contribution in [0.2, 0.25) is 0 Å². The molecule has 1 aliphatic rings. The highest BCUT2D eigenvalue weighted by Gasteiger charge is 2.24. The third kappa shape index (κ3) is 4.04. The van der Waals surface area contributed by atoms with Crippen molar-refractivity contribution in [2.45, 2.75) is 62.4 Å². The molecule has 0 aliphatic heterocycles. The Morgan fingerprint density at radius 1 is 1.06 bits per heavy atom. The number of hydrogen-bond acceptors (Lipinski definition) is 5. The number of carbonyl (C=O) groups is 1. The molecular formula is C25H27N5O2S. The van der Waals surface area contributed by atoms with Crippen LogP contribution >= 0.6 is 11.8 Å². The Hall–Kier alpha value is -3.13. The topological polar surface area (TPSA) is 81.3 Å². The van der Waals surface area contributed by atoms with Gasteiger partial charge in [-0.2, -0.15) is 0 Å². The number of aryl methyl sites for hydroxylation is 1. The molecule has 2 aromatic heterocycles. The van der Waals surface area contributed by atoms with Crippen molar-refractivity contribution in [3.8, 4) is 5.69 Å². The van der Waals surface area contributed by atoms with E-state index in [0.29, 0.717) is 16.3 Å². The first-order valence-electron chi connectivity index (χ1n) is 11.5. The van der Waals surface area contributed by atoms with E-state index in [1.54, 1.807) is 4.57 Å². The van der Waals surface area contributed by atoms with E-state index in [4.69, 9.17) is 0 Å². The normalized spacial score (nSPS) is 15.7. The van der Waals surface area contributed by atoms with Crippen LogP contribution in [0, 0.1) is 6.92 Å². The second-order valence-electron chi connectivity index (χ2n) is 8.67. The zero-order valence-electron chi connectivity index (χ0n) is 18.8. The third-order valence-corrected chi connectivity index (χ3v) is 7.40. The van der Waals surface area contributed by atoms with Crippen molar-refractivity contribution >= 4 is 34.3 Å². The number of benzene rings is 2. The fourth-order valence-electron chi connectivity index (χ4n) is 4.56. The molecule has 4 aromatic rings. The van der Waals surface area contributed by atoms with Crippen LogP contribution in [0.3, 0.4) is 0 Å². The summed E-state index contributed by atoms with van der Waals surface area (Å²) < 4.78 is 3.50. The van der Waals surface area contributed by atoms with Crippen LogP contribution in [0.15, 0.2) is 58.5 Å². The monoisotopic (exact) mass is 461 g/mol. The van der Waals surface area contributed by atoms with E-state index in [9.17, 15) is 9.59 Å². The van der Waals surface area contributed by atoms with Gasteiger partial charge in [-0.3, -0.25) is 14.0 Å². The molecule has 2 heterocycles. The van der Waals surface area contributed by atoms with E-state index in [0.717, 1.165) is 29.6 Å². The van der Waals surface area contributed by atoms with Gasteiger partial charge in [0.25, 0.3) is 5.56 Å². The molecule has 1 amide bonds. The smallest absolute Gasteiger partial charge is 0.267 e. The van der Waals surface area contributed by atoms with Gasteiger partial charge < -0.3 is 5.32 Å². The van der Waals surface area contributed by atoms with Gasteiger partial charge in [0, 0.05) is 6.04 Å². The van der Waals surface area contributed by atoms with Crippen molar-refractivity contribution in [3.63, 3.8) is 0 Å². The third-order valence-electron chi connectivity index (χ3n) is 6.35. The van der Waals surface area contributed by atoms with Crippen LogP contribution in [0.4, 0.5) is 0 Å². The van der Waals surface area contributed by atoms with E-state index < -0.39 is 0 Å². The molecule has 0 radical (unpaired) electrons. The van der Waals surface area contributed by atoms with Crippen LogP contribution in [-0.4, -0.2) is 36.4 Å².